The van der Waals surface area contributed by atoms with Gasteiger partial charge in [0.05, 0.1) is 0 Å². The minimum atomic E-state index is -0.503. The van der Waals surface area contributed by atoms with Crippen molar-refractivity contribution in [2.45, 2.75) is 60.0 Å². The van der Waals surface area contributed by atoms with E-state index in [-0.39, 0.29) is 5.91 Å². The molecule has 0 saturated carbocycles. The summed E-state index contributed by atoms with van der Waals surface area (Å²) in [7, 11) is 0. The molecule has 0 aromatic heterocycles. The maximum atomic E-state index is 12.8. The molecule has 25 heavy (non-hydrogen) atoms. The number of ether oxygens (including phenoxy) is 1. The molecule has 0 fully saturated rings. The van der Waals surface area contributed by atoms with Gasteiger partial charge in [0.1, 0.15) is 5.75 Å². The van der Waals surface area contributed by atoms with Gasteiger partial charge in [0, 0.05) is 5.69 Å². The van der Waals surface area contributed by atoms with E-state index in [9.17, 15) is 4.79 Å². The Bertz CT molecular complexity index is 715. The van der Waals surface area contributed by atoms with Crippen molar-refractivity contribution in [3.05, 3.63) is 58.7 Å². The highest BCUT2D eigenvalue weighted by molar-refractivity contribution is 5.95. The highest BCUT2D eigenvalue weighted by Crippen LogP contribution is 2.24. The fourth-order valence-electron chi connectivity index (χ4n) is 2.88. The Morgan fingerprint density at radius 2 is 1.64 bits per heavy atom. The monoisotopic (exact) mass is 339 g/mol. The van der Waals surface area contributed by atoms with Gasteiger partial charge in [-0.05, 0) is 67.5 Å². The molecule has 0 unspecified atom stereocenters. The first-order chi connectivity index (χ1) is 12.0. The van der Waals surface area contributed by atoms with Crippen LogP contribution in [0.2, 0.25) is 0 Å². The lowest BCUT2D eigenvalue weighted by atomic mass is 10.0. The number of hydrogen-bond donors (Lipinski definition) is 1. The molecular weight excluding hydrogens is 310 g/mol. The van der Waals surface area contributed by atoms with Crippen LogP contribution in [0, 0.1) is 13.8 Å². The summed E-state index contributed by atoms with van der Waals surface area (Å²) in [5.41, 5.74) is 5.65. The van der Waals surface area contributed by atoms with E-state index in [1.807, 2.05) is 32.0 Å². The molecule has 3 heteroatoms. The molecule has 0 bridgehead atoms. The van der Waals surface area contributed by atoms with Crippen molar-refractivity contribution in [2.24, 2.45) is 0 Å². The number of carbonyl (C=O) groups is 1. The predicted molar refractivity (Wildman–Crippen MR) is 104 cm³/mol. The molecule has 0 aliphatic heterocycles. The van der Waals surface area contributed by atoms with Crippen LogP contribution in [0.15, 0.2) is 36.4 Å². The number of nitrogens with one attached hydrogen (secondary N) is 1. The van der Waals surface area contributed by atoms with E-state index in [1.165, 1.54) is 5.56 Å². The molecule has 134 valence electrons. The lowest BCUT2D eigenvalue weighted by molar-refractivity contribution is -0.122. The average Bonchev–Trinajstić information content (AvgIpc) is 2.62. The van der Waals surface area contributed by atoms with Gasteiger partial charge < -0.3 is 10.1 Å². The van der Waals surface area contributed by atoms with Crippen LogP contribution in [0.4, 0.5) is 5.69 Å². The molecule has 2 rings (SSSR count). The molecule has 3 nitrogen and oxygen atoms in total. The van der Waals surface area contributed by atoms with E-state index in [4.69, 9.17) is 4.74 Å². The molecule has 0 heterocycles. The molecule has 1 amide bonds. The van der Waals surface area contributed by atoms with Crippen LogP contribution in [0.1, 0.15) is 49.4 Å². The summed E-state index contributed by atoms with van der Waals surface area (Å²) in [6, 6.07) is 12.1. The zero-order valence-electron chi connectivity index (χ0n) is 16.0. The molecule has 2 aromatic rings. The zero-order valence-corrected chi connectivity index (χ0v) is 16.0. The Morgan fingerprint density at radius 3 is 2.16 bits per heavy atom. The van der Waals surface area contributed by atoms with Gasteiger partial charge in [-0.1, -0.05) is 45.0 Å². The summed E-state index contributed by atoms with van der Waals surface area (Å²) in [6.45, 7) is 10.3. The third-order valence-electron chi connectivity index (χ3n) is 4.67. The van der Waals surface area contributed by atoms with Crippen molar-refractivity contribution in [1.29, 1.82) is 0 Å². The fourth-order valence-corrected chi connectivity index (χ4v) is 2.88. The largest absolute Gasteiger partial charge is 0.481 e. The van der Waals surface area contributed by atoms with Crippen LogP contribution in [0.25, 0.3) is 0 Å². The fraction of sp³-hybridized carbons (Fsp3) is 0.409. The molecule has 0 aliphatic rings. The number of carbonyl (C=O) groups excluding carboxylic acids is 1. The molecule has 0 spiro atoms. The van der Waals surface area contributed by atoms with E-state index in [2.05, 4.69) is 44.3 Å². The molecule has 2 aromatic carbocycles. The molecule has 0 aliphatic carbocycles. The Labute approximate surface area is 151 Å². The van der Waals surface area contributed by atoms with Crippen LogP contribution in [-0.2, 0) is 17.6 Å². The SMILES string of the molecule is CCc1cccc(CC)c1NC(=O)[C@@H](CC)Oc1ccc(C)c(C)c1. The number of benzene rings is 2. The smallest absolute Gasteiger partial charge is 0.265 e. The summed E-state index contributed by atoms with van der Waals surface area (Å²) >= 11 is 0. The molecule has 0 saturated heterocycles. The first-order valence-electron chi connectivity index (χ1n) is 9.15. The summed E-state index contributed by atoms with van der Waals surface area (Å²) in [6.07, 6.45) is 1.89. The van der Waals surface area contributed by atoms with Crippen LogP contribution >= 0.6 is 0 Å². The van der Waals surface area contributed by atoms with Crippen LogP contribution in [0.5, 0.6) is 5.75 Å². The maximum Gasteiger partial charge on any atom is 0.265 e. The van der Waals surface area contributed by atoms with Crippen molar-refractivity contribution >= 4 is 11.6 Å². The highest BCUT2D eigenvalue weighted by Gasteiger charge is 2.20. The molecule has 1 N–H and O–H groups in total. The average molecular weight is 339 g/mol. The minimum absolute atomic E-state index is 0.0867. The zero-order chi connectivity index (χ0) is 18.4. The molecule has 0 radical (unpaired) electrons. The quantitative estimate of drug-likeness (QED) is 0.750. The summed E-state index contributed by atoms with van der Waals surface area (Å²) in [5, 5.41) is 3.11. The third-order valence-corrected chi connectivity index (χ3v) is 4.67. The minimum Gasteiger partial charge on any atom is -0.481 e. The van der Waals surface area contributed by atoms with Crippen molar-refractivity contribution < 1.29 is 9.53 Å². The normalized spacial score (nSPS) is 11.9. The van der Waals surface area contributed by atoms with Gasteiger partial charge in [-0.25, -0.2) is 0 Å². The van der Waals surface area contributed by atoms with Gasteiger partial charge in [0.2, 0.25) is 0 Å². The van der Waals surface area contributed by atoms with Gasteiger partial charge in [0.25, 0.3) is 5.91 Å². The number of rotatable bonds is 7. The van der Waals surface area contributed by atoms with Crippen LogP contribution in [-0.4, -0.2) is 12.0 Å². The summed E-state index contributed by atoms with van der Waals surface area (Å²) in [5.74, 6) is 0.654. The van der Waals surface area contributed by atoms with Crippen molar-refractivity contribution in [2.75, 3.05) is 5.32 Å². The number of para-hydroxylation sites is 1. The number of amides is 1. The molecular formula is C22H29NO2. The number of anilines is 1. The van der Waals surface area contributed by atoms with Gasteiger partial charge in [-0.3, -0.25) is 4.79 Å². The lowest BCUT2D eigenvalue weighted by Gasteiger charge is -2.20. The second-order valence-electron chi connectivity index (χ2n) is 6.41. The van der Waals surface area contributed by atoms with E-state index >= 15 is 0 Å². The van der Waals surface area contributed by atoms with Crippen LogP contribution in [0.3, 0.4) is 0 Å². The first-order valence-corrected chi connectivity index (χ1v) is 9.15. The summed E-state index contributed by atoms with van der Waals surface area (Å²) < 4.78 is 5.97. The second-order valence-corrected chi connectivity index (χ2v) is 6.41. The topological polar surface area (TPSA) is 38.3 Å². The summed E-state index contributed by atoms with van der Waals surface area (Å²) in [4.78, 5) is 12.8. The van der Waals surface area contributed by atoms with E-state index in [0.29, 0.717) is 6.42 Å². The van der Waals surface area contributed by atoms with E-state index in [0.717, 1.165) is 41.0 Å². The standard InChI is InChI=1S/C22H29NO2/c1-6-17-10-9-11-18(7-2)21(17)23-22(24)20(8-3)25-19-13-12-15(4)16(5)14-19/h9-14,20H,6-8H2,1-5H3,(H,23,24)/t20-/m1/s1. The second kappa shape index (κ2) is 8.70. The first kappa shape index (κ1) is 19.0. The van der Waals surface area contributed by atoms with Crippen molar-refractivity contribution in [3.63, 3.8) is 0 Å². The van der Waals surface area contributed by atoms with Gasteiger partial charge in [-0.15, -0.1) is 0 Å². The highest BCUT2D eigenvalue weighted by atomic mass is 16.5. The Balaban J connectivity index is 2.19. The lowest BCUT2D eigenvalue weighted by Crippen LogP contribution is -2.33. The number of aryl methyl sites for hydroxylation is 4. The Hall–Kier alpha value is -2.29. The van der Waals surface area contributed by atoms with Crippen molar-refractivity contribution in [1.82, 2.24) is 0 Å². The predicted octanol–water partition coefficient (Wildman–Crippen LogP) is 5.22. The van der Waals surface area contributed by atoms with Crippen LogP contribution < -0.4 is 10.1 Å². The van der Waals surface area contributed by atoms with E-state index in [1.54, 1.807) is 0 Å². The van der Waals surface area contributed by atoms with E-state index < -0.39 is 6.10 Å². The Morgan fingerprint density at radius 1 is 1.00 bits per heavy atom. The Kier molecular flexibility index (Phi) is 6.63. The maximum absolute atomic E-state index is 12.8. The molecule has 1 atom stereocenters. The van der Waals surface area contributed by atoms with Crippen molar-refractivity contribution in [3.8, 4) is 5.75 Å². The van der Waals surface area contributed by atoms with Gasteiger partial charge >= 0.3 is 0 Å². The number of hydrogen-bond acceptors (Lipinski definition) is 2. The van der Waals surface area contributed by atoms with Gasteiger partial charge in [-0.2, -0.15) is 0 Å². The van der Waals surface area contributed by atoms with Gasteiger partial charge in [0.15, 0.2) is 6.10 Å². The third kappa shape index (κ3) is 4.62.